The van der Waals surface area contributed by atoms with E-state index in [1.807, 2.05) is 26.8 Å². The van der Waals surface area contributed by atoms with Gasteiger partial charge in [0.25, 0.3) is 5.91 Å². The fraction of sp³-hybridized carbons (Fsp3) is 0.480. The van der Waals surface area contributed by atoms with Gasteiger partial charge in [-0.05, 0) is 81.3 Å². The highest BCUT2D eigenvalue weighted by Gasteiger charge is 2.29. The number of anilines is 1. The molecule has 0 aliphatic carbocycles. The first-order chi connectivity index (χ1) is 15.9. The molecule has 0 spiro atoms. The fourth-order valence-corrected chi connectivity index (χ4v) is 5.12. The molecule has 2 aromatic rings. The Morgan fingerprint density at radius 1 is 1.06 bits per heavy atom. The summed E-state index contributed by atoms with van der Waals surface area (Å²) < 4.78 is 29.1. The van der Waals surface area contributed by atoms with Crippen molar-refractivity contribution in [1.29, 1.82) is 0 Å². The maximum atomic E-state index is 13.1. The predicted octanol–water partition coefficient (Wildman–Crippen LogP) is 3.80. The number of fused-ring (bicyclic) bond motifs is 1. The van der Waals surface area contributed by atoms with E-state index in [-0.39, 0.29) is 22.8 Å². The predicted molar refractivity (Wildman–Crippen MR) is 129 cm³/mol. The second kappa shape index (κ2) is 9.02. The van der Waals surface area contributed by atoms with Crippen LogP contribution in [0.15, 0.2) is 41.4 Å². The van der Waals surface area contributed by atoms with Crippen LogP contribution >= 0.6 is 0 Å². The van der Waals surface area contributed by atoms with E-state index in [0.717, 1.165) is 29.7 Å². The number of rotatable bonds is 3. The van der Waals surface area contributed by atoms with Crippen LogP contribution in [0.25, 0.3) is 0 Å². The van der Waals surface area contributed by atoms with Gasteiger partial charge in [0.15, 0.2) is 9.84 Å². The SMILES string of the molecule is CC(C)(C)OC(=O)N1CCC(c2ccc(C(=O)N3CCc4cc(S(C)(=O)=O)ccc43)nc2)CC1. The maximum Gasteiger partial charge on any atom is 0.410 e. The number of aromatic nitrogens is 1. The zero-order valence-corrected chi connectivity index (χ0v) is 20.9. The smallest absolute Gasteiger partial charge is 0.410 e. The standard InChI is InChI=1S/C25H31N3O5S/c1-25(2,3)33-24(30)27-12-9-17(10-13-27)19-5-7-21(26-16-19)23(29)28-14-11-18-15-20(34(4,31)32)6-8-22(18)28/h5-8,15-17H,9-14H2,1-4H3. The summed E-state index contributed by atoms with van der Waals surface area (Å²) in [6.45, 7) is 7.33. The van der Waals surface area contributed by atoms with Crippen LogP contribution in [-0.4, -0.2) is 61.8 Å². The largest absolute Gasteiger partial charge is 0.444 e. The molecule has 2 amide bonds. The van der Waals surface area contributed by atoms with Crippen LogP contribution in [0, 0.1) is 0 Å². The van der Waals surface area contributed by atoms with E-state index in [4.69, 9.17) is 4.74 Å². The minimum absolute atomic E-state index is 0.197. The van der Waals surface area contributed by atoms with Crippen molar-refractivity contribution in [2.75, 3.05) is 30.8 Å². The molecule has 1 saturated heterocycles. The lowest BCUT2D eigenvalue weighted by molar-refractivity contribution is 0.0204. The van der Waals surface area contributed by atoms with Crippen LogP contribution in [-0.2, 0) is 21.0 Å². The molecule has 2 aliphatic heterocycles. The van der Waals surface area contributed by atoms with E-state index in [0.29, 0.717) is 31.7 Å². The van der Waals surface area contributed by atoms with Crippen molar-refractivity contribution >= 4 is 27.5 Å². The van der Waals surface area contributed by atoms with Gasteiger partial charge in [0.05, 0.1) is 4.90 Å². The van der Waals surface area contributed by atoms with Crippen LogP contribution in [0.4, 0.5) is 10.5 Å². The molecule has 0 radical (unpaired) electrons. The number of sulfone groups is 1. The third kappa shape index (κ3) is 5.24. The molecule has 0 N–H and O–H groups in total. The monoisotopic (exact) mass is 485 g/mol. The number of hydrogen-bond donors (Lipinski definition) is 0. The molecule has 1 aromatic carbocycles. The van der Waals surface area contributed by atoms with Crippen LogP contribution in [0.1, 0.15) is 61.1 Å². The first kappa shape index (κ1) is 24.2. The van der Waals surface area contributed by atoms with Crippen molar-refractivity contribution in [3.8, 4) is 0 Å². The van der Waals surface area contributed by atoms with Gasteiger partial charge in [0.1, 0.15) is 11.3 Å². The number of piperidine rings is 1. The van der Waals surface area contributed by atoms with Crippen molar-refractivity contribution in [2.45, 2.75) is 56.4 Å². The van der Waals surface area contributed by atoms with Crippen molar-refractivity contribution in [3.63, 3.8) is 0 Å². The molecule has 4 rings (SSSR count). The molecule has 1 fully saturated rings. The number of likely N-dealkylation sites (tertiary alicyclic amines) is 1. The topological polar surface area (TPSA) is 96.9 Å². The Bertz CT molecular complexity index is 1190. The number of nitrogens with zero attached hydrogens (tertiary/aromatic N) is 3. The molecule has 1 aromatic heterocycles. The Hall–Kier alpha value is -2.94. The van der Waals surface area contributed by atoms with E-state index >= 15 is 0 Å². The molecular formula is C25H31N3O5S. The molecule has 0 atom stereocenters. The van der Waals surface area contributed by atoms with E-state index in [9.17, 15) is 18.0 Å². The summed E-state index contributed by atoms with van der Waals surface area (Å²) in [5, 5.41) is 0. The second-order valence-corrected chi connectivity index (χ2v) is 12.0. The van der Waals surface area contributed by atoms with Crippen molar-refractivity contribution in [1.82, 2.24) is 9.88 Å². The van der Waals surface area contributed by atoms with E-state index in [1.165, 1.54) is 6.26 Å². The maximum absolute atomic E-state index is 13.1. The number of benzene rings is 1. The zero-order valence-electron chi connectivity index (χ0n) is 20.1. The molecule has 9 heteroatoms. The molecule has 3 heterocycles. The Morgan fingerprint density at radius 2 is 1.76 bits per heavy atom. The number of hydrogen-bond acceptors (Lipinski definition) is 6. The van der Waals surface area contributed by atoms with Crippen LogP contribution in [0.3, 0.4) is 0 Å². The number of ether oxygens (including phenoxy) is 1. The van der Waals surface area contributed by atoms with Gasteiger partial charge in [-0.25, -0.2) is 13.2 Å². The first-order valence-corrected chi connectivity index (χ1v) is 13.4. The third-order valence-corrected chi connectivity index (χ3v) is 7.35. The second-order valence-electron chi connectivity index (χ2n) is 9.99. The highest BCUT2D eigenvalue weighted by Crippen LogP contribution is 2.32. The molecule has 34 heavy (non-hydrogen) atoms. The minimum Gasteiger partial charge on any atom is -0.444 e. The molecule has 0 bridgehead atoms. The molecule has 0 saturated carbocycles. The van der Waals surface area contributed by atoms with Crippen molar-refractivity contribution < 1.29 is 22.7 Å². The lowest BCUT2D eigenvalue weighted by Gasteiger charge is -2.33. The summed E-state index contributed by atoms with van der Waals surface area (Å²) in [6, 6.07) is 8.58. The highest BCUT2D eigenvalue weighted by molar-refractivity contribution is 7.90. The summed E-state index contributed by atoms with van der Waals surface area (Å²) in [6.07, 6.45) is 4.90. The van der Waals surface area contributed by atoms with E-state index in [1.54, 1.807) is 40.3 Å². The third-order valence-electron chi connectivity index (χ3n) is 6.24. The van der Waals surface area contributed by atoms with Crippen LogP contribution in [0.5, 0.6) is 0 Å². The molecule has 8 nitrogen and oxygen atoms in total. The van der Waals surface area contributed by atoms with Gasteiger partial charge < -0.3 is 14.5 Å². The molecule has 0 unspecified atom stereocenters. The zero-order chi connectivity index (χ0) is 24.7. The number of carbonyl (C=O) groups is 2. The lowest BCUT2D eigenvalue weighted by Crippen LogP contribution is -2.41. The summed E-state index contributed by atoms with van der Waals surface area (Å²) in [7, 11) is -3.29. The average Bonchev–Trinajstić information content (AvgIpc) is 3.20. The van der Waals surface area contributed by atoms with Gasteiger partial charge in [-0.1, -0.05) is 6.07 Å². The Kier molecular flexibility index (Phi) is 6.42. The summed E-state index contributed by atoms with van der Waals surface area (Å²) in [5.74, 6) is 0.0782. The van der Waals surface area contributed by atoms with Crippen LogP contribution in [0.2, 0.25) is 0 Å². The quantitative estimate of drug-likeness (QED) is 0.656. The normalized spacial score (nSPS) is 16.9. The van der Waals surface area contributed by atoms with E-state index < -0.39 is 15.4 Å². The van der Waals surface area contributed by atoms with Crippen molar-refractivity contribution in [3.05, 3.63) is 53.3 Å². The molecule has 182 valence electrons. The molecule has 2 aliphatic rings. The first-order valence-electron chi connectivity index (χ1n) is 11.5. The number of amides is 2. The van der Waals surface area contributed by atoms with E-state index in [2.05, 4.69) is 4.98 Å². The highest BCUT2D eigenvalue weighted by atomic mass is 32.2. The number of carbonyl (C=O) groups excluding carboxylic acids is 2. The lowest BCUT2D eigenvalue weighted by atomic mass is 9.90. The van der Waals surface area contributed by atoms with Crippen LogP contribution < -0.4 is 4.90 Å². The summed E-state index contributed by atoms with van der Waals surface area (Å²) in [4.78, 5) is 33.5. The van der Waals surface area contributed by atoms with Gasteiger partial charge in [-0.15, -0.1) is 0 Å². The minimum atomic E-state index is -3.29. The number of pyridine rings is 1. The van der Waals surface area contributed by atoms with Crippen molar-refractivity contribution in [2.24, 2.45) is 0 Å². The summed E-state index contributed by atoms with van der Waals surface area (Å²) in [5.41, 5.74) is 2.49. The Morgan fingerprint density at radius 3 is 2.35 bits per heavy atom. The molecular weight excluding hydrogens is 454 g/mol. The Labute approximate surface area is 200 Å². The van der Waals surface area contributed by atoms with Gasteiger partial charge in [0, 0.05) is 37.8 Å². The van der Waals surface area contributed by atoms with Gasteiger partial charge >= 0.3 is 6.09 Å². The summed E-state index contributed by atoms with van der Waals surface area (Å²) >= 11 is 0. The average molecular weight is 486 g/mol. The Balaban J connectivity index is 1.40. The van der Waals surface area contributed by atoms with Gasteiger partial charge in [-0.3, -0.25) is 9.78 Å². The van der Waals surface area contributed by atoms with Gasteiger partial charge in [-0.2, -0.15) is 0 Å². The fourth-order valence-electron chi connectivity index (χ4n) is 4.45. The van der Waals surface area contributed by atoms with Gasteiger partial charge in [0.2, 0.25) is 0 Å².